The standard InChI is InChI=1S/C13H21N3O5/c1-7(2)11(15-8(3)17)13(21)16-5-4-14-12(20)9(16)6-10(18)19/h7,9,11H,4-6H2,1-3H3,(H,14,20)(H,15,17)(H,18,19). The predicted molar refractivity (Wildman–Crippen MR) is 73.2 cm³/mol. The van der Waals surface area contributed by atoms with Gasteiger partial charge in [0.2, 0.25) is 17.7 Å². The van der Waals surface area contributed by atoms with E-state index in [2.05, 4.69) is 10.6 Å². The summed E-state index contributed by atoms with van der Waals surface area (Å²) in [7, 11) is 0. The fourth-order valence-corrected chi connectivity index (χ4v) is 2.26. The minimum absolute atomic E-state index is 0.170. The van der Waals surface area contributed by atoms with Gasteiger partial charge in [0.05, 0.1) is 6.42 Å². The van der Waals surface area contributed by atoms with E-state index in [0.29, 0.717) is 0 Å². The van der Waals surface area contributed by atoms with E-state index in [1.165, 1.54) is 11.8 Å². The number of hydrogen-bond donors (Lipinski definition) is 3. The number of carbonyl (C=O) groups excluding carboxylic acids is 3. The highest BCUT2D eigenvalue weighted by Gasteiger charge is 2.38. The number of piperazine rings is 1. The summed E-state index contributed by atoms with van der Waals surface area (Å²) in [5, 5.41) is 14.0. The highest BCUT2D eigenvalue weighted by Crippen LogP contribution is 2.14. The first-order chi connectivity index (χ1) is 9.73. The van der Waals surface area contributed by atoms with Gasteiger partial charge in [0.25, 0.3) is 0 Å². The molecule has 0 aromatic carbocycles. The molecule has 1 aliphatic heterocycles. The molecule has 1 rings (SSSR count). The first kappa shape index (κ1) is 16.9. The molecule has 1 fully saturated rings. The number of aliphatic carboxylic acids is 1. The van der Waals surface area contributed by atoms with Crippen LogP contribution >= 0.6 is 0 Å². The molecule has 0 radical (unpaired) electrons. The van der Waals surface area contributed by atoms with Gasteiger partial charge in [-0.25, -0.2) is 0 Å². The van der Waals surface area contributed by atoms with Crippen LogP contribution in [0.15, 0.2) is 0 Å². The lowest BCUT2D eigenvalue weighted by Crippen LogP contribution is -2.62. The molecule has 2 atom stereocenters. The third-order valence-corrected chi connectivity index (χ3v) is 3.27. The Morgan fingerprint density at radius 3 is 2.52 bits per heavy atom. The van der Waals surface area contributed by atoms with E-state index in [-0.39, 0.29) is 24.9 Å². The van der Waals surface area contributed by atoms with Crippen LogP contribution in [0, 0.1) is 5.92 Å². The summed E-state index contributed by atoms with van der Waals surface area (Å²) in [5.41, 5.74) is 0. The van der Waals surface area contributed by atoms with Crippen LogP contribution in [0.5, 0.6) is 0 Å². The third-order valence-electron chi connectivity index (χ3n) is 3.27. The number of carboxylic acid groups (broad SMARTS) is 1. The zero-order valence-electron chi connectivity index (χ0n) is 12.4. The monoisotopic (exact) mass is 299 g/mol. The SMILES string of the molecule is CC(=O)NC(C(=O)N1CCNC(=O)C1CC(=O)O)C(C)C. The number of carboxylic acids is 1. The lowest BCUT2D eigenvalue weighted by atomic mass is 10.00. The lowest BCUT2D eigenvalue weighted by molar-refractivity contribution is -0.150. The van der Waals surface area contributed by atoms with Gasteiger partial charge in [0.1, 0.15) is 12.1 Å². The van der Waals surface area contributed by atoms with E-state index in [9.17, 15) is 19.2 Å². The maximum Gasteiger partial charge on any atom is 0.305 e. The molecule has 21 heavy (non-hydrogen) atoms. The number of rotatable bonds is 5. The van der Waals surface area contributed by atoms with Gasteiger partial charge in [-0.2, -0.15) is 0 Å². The van der Waals surface area contributed by atoms with E-state index in [0.717, 1.165) is 0 Å². The van der Waals surface area contributed by atoms with Crippen LogP contribution in [-0.2, 0) is 19.2 Å². The molecular weight excluding hydrogens is 278 g/mol. The molecule has 0 aliphatic carbocycles. The molecule has 0 saturated carbocycles. The number of carbonyl (C=O) groups is 4. The van der Waals surface area contributed by atoms with Crippen molar-refractivity contribution in [2.24, 2.45) is 5.92 Å². The summed E-state index contributed by atoms with van der Waals surface area (Å²) >= 11 is 0. The van der Waals surface area contributed by atoms with Crippen LogP contribution in [0.2, 0.25) is 0 Å². The zero-order chi connectivity index (χ0) is 16.2. The van der Waals surface area contributed by atoms with Crippen molar-refractivity contribution in [2.75, 3.05) is 13.1 Å². The second kappa shape index (κ2) is 7.05. The van der Waals surface area contributed by atoms with Gasteiger partial charge in [0, 0.05) is 20.0 Å². The predicted octanol–water partition coefficient (Wildman–Crippen LogP) is -1.05. The van der Waals surface area contributed by atoms with Crippen molar-refractivity contribution >= 4 is 23.7 Å². The summed E-state index contributed by atoms with van der Waals surface area (Å²) in [6.45, 7) is 5.35. The minimum atomic E-state index is -1.16. The van der Waals surface area contributed by atoms with Crippen LogP contribution in [0.3, 0.4) is 0 Å². The molecule has 8 nitrogen and oxygen atoms in total. The van der Waals surface area contributed by atoms with Crippen molar-refractivity contribution in [3.63, 3.8) is 0 Å². The topological polar surface area (TPSA) is 116 Å². The largest absolute Gasteiger partial charge is 0.481 e. The van der Waals surface area contributed by atoms with Crippen LogP contribution in [0.25, 0.3) is 0 Å². The maximum atomic E-state index is 12.6. The molecule has 3 amide bonds. The highest BCUT2D eigenvalue weighted by atomic mass is 16.4. The number of amides is 3. The van der Waals surface area contributed by atoms with Crippen molar-refractivity contribution < 1.29 is 24.3 Å². The quantitative estimate of drug-likeness (QED) is 0.599. The Balaban J connectivity index is 2.96. The third kappa shape index (κ3) is 4.44. The Kier molecular flexibility index (Phi) is 5.69. The fourth-order valence-electron chi connectivity index (χ4n) is 2.26. The molecular formula is C13H21N3O5. The summed E-state index contributed by atoms with van der Waals surface area (Å²) in [6.07, 6.45) is -0.456. The van der Waals surface area contributed by atoms with Gasteiger partial charge < -0.3 is 20.6 Å². The number of hydrogen-bond acceptors (Lipinski definition) is 4. The first-order valence-corrected chi connectivity index (χ1v) is 6.81. The van der Waals surface area contributed by atoms with E-state index >= 15 is 0 Å². The number of nitrogens with zero attached hydrogens (tertiary/aromatic N) is 1. The van der Waals surface area contributed by atoms with Gasteiger partial charge in [0.15, 0.2) is 0 Å². The smallest absolute Gasteiger partial charge is 0.305 e. The average molecular weight is 299 g/mol. The fraction of sp³-hybridized carbons (Fsp3) is 0.692. The van der Waals surface area contributed by atoms with Crippen molar-refractivity contribution in [1.29, 1.82) is 0 Å². The summed E-state index contributed by atoms with van der Waals surface area (Å²) in [5.74, 6) is -2.59. The van der Waals surface area contributed by atoms with Crippen LogP contribution in [0.4, 0.5) is 0 Å². The minimum Gasteiger partial charge on any atom is -0.481 e. The lowest BCUT2D eigenvalue weighted by Gasteiger charge is -2.37. The van der Waals surface area contributed by atoms with Crippen molar-refractivity contribution in [1.82, 2.24) is 15.5 Å². The second-order valence-corrected chi connectivity index (χ2v) is 5.36. The molecule has 1 heterocycles. The Morgan fingerprint density at radius 1 is 1.43 bits per heavy atom. The van der Waals surface area contributed by atoms with Crippen molar-refractivity contribution in [3.8, 4) is 0 Å². The van der Waals surface area contributed by atoms with Crippen LogP contribution in [-0.4, -0.2) is 58.9 Å². The molecule has 0 aromatic rings. The average Bonchev–Trinajstić information content (AvgIpc) is 2.36. The van der Waals surface area contributed by atoms with Crippen LogP contribution in [0.1, 0.15) is 27.2 Å². The molecule has 1 aliphatic rings. The molecule has 118 valence electrons. The van der Waals surface area contributed by atoms with Gasteiger partial charge in [-0.3, -0.25) is 19.2 Å². The van der Waals surface area contributed by atoms with Crippen molar-refractivity contribution in [3.05, 3.63) is 0 Å². The Morgan fingerprint density at radius 2 is 2.05 bits per heavy atom. The molecule has 0 aromatic heterocycles. The second-order valence-electron chi connectivity index (χ2n) is 5.36. The summed E-state index contributed by atoms with van der Waals surface area (Å²) < 4.78 is 0. The van der Waals surface area contributed by atoms with E-state index in [1.807, 2.05) is 0 Å². The van der Waals surface area contributed by atoms with Gasteiger partial charge in [-0.1, -0.05) is 13.8 Å². The highest BCUT2D eigenvalue weighted by molar-refractivity contribution is 5.94. The molecule has 3 N–H and O–H groups in total. The zero-order valence-corrected chi connectivity index (χ0v) is 12.4. The van der Waals surface area contributed by atoms with E-state index < -0.39 is 36.3 Å². The summed E-state index contributed by atoms with van der Waals surface area (Å²) in [4.78, 5) is 47.7. The normalized spacial score (nSPS) is 19.9. The van der Waals surface area contributed by atoms with Crippen molar-refractivity contribution in [2.45, 2.75) is 39.3 Å². The Labute approximate surface area is 122 Å². The van der Waals surface area contributed by atoms with Crippen LogP contribution < -0.4 is 10.6 Å². The van der Waals surface area contributed by atoms with Gasteiger partial charge >= 0.3 is 5.97 Å². The van der Waals surface area contributed by atoms with Gasteiger partial charge in [-0.05, 0) is 5.92 Å². The summed E-state index contributed by atoms with van der Waals surface area (Å²) in [6, 6.07) is -1.82. The van der Waals surface area contributed by atoms with E-state index in [1.54, 1.807) is 13.8 Å². The Hall–Kier alpha value is -2.12. The maximum absolute atomic E-state index is 12.6. The molecule has 0 spiro atoms. The number of nitrogens with one attached hydrogen (secondary N) is 2. The molecule has 1 saturated heterocycles. The van der Waals surface area contributed by atoms with Gasteiger partial charge in [-0.15, -0.1) is 0 Å². The Bertz CT molecular complexity index is 449. The first-order valence-electron chi connectivity index (χ1n) is 6.81. The molecule has 8 heteroatoms. The molecule has 0 bridgehead atoms. The van der Waals surface area contributed by atoms with E-state index in [4.69, 9.17) is 5.11 Å². The molecule has 2 unspecified atom stereocenters.